The minimum absolute atomic E-state index is 0.150. The zero-order valence-corrected chi connectivity index (χ0v) is 14.3. The normalized spacial score (nSPS) is 21.9. The molecule has 1 fully saturated rings. The molecule has 0 aliphatic carbocycles. The molecule has 2 heterocycles. The van der Waals surface area contributed by atoms with E-state index in [9.17, 15) is 9.59 Å². The van der Waals surface area contributed by atoms with Crippen LogP contribution in [0.2, 0.25) is 0 Å². The molecular formula is C15H25N5O3. The van der Waals surface area contributed by atoms with Gasteiger partial charge in [0.25, 0.3) is 0 Å². The number of hydrogen-bond donors (Lipinski definition) is 2. The van der Waals surface area contributed by atoms with Crippen LogP contribution in [0, 0.1) is 12.8 Å². The SMILES string of the molecule is Cc1n[nH]nc1NC(=O)[C@@H]1CCCN(C(=O)OC(C)(C)C)[C@@H]1C. The van der Waals surface area contributed by atoms with Gasteiger partial charge in [-0.15, -0.1) is 5.10 Å². The fraction of sp³-hybridized carbons (Fsp3) is 0.733. The molecule has 1 aliphatic rings. The monoisotopic (exact) mass is 323 g/mol. The summed E-state index contributed by atoms with van der Waals surface area (Å²) in [6.07, 6.45) is 1.11. The van der Waals surface area contributed by atoms with Crippen molar-refractivity contribution in [3.8, 4) is 0 Å². The van der Waals surface area contributed by atoms with Crippen molar-refractivity contribution in [3.63, 3.8) is 0 Å². The Hall–Kier alpha value is -2.12. The number of aromatic amines is 1. The number of aryl methyl sites for hydroxylation is 1. The number of ether oxygens (including phenoxy) is 1. The van der Waals surface area contributed by atoms with Crippen LogP contribution in [0.25, 0.3) is 0 Å². The highest BCUT2D eigenvalue weighted by Gasteiger charge is 2.37. The summed E-state index contributed by atoms with van der Waals surface area (Å²) in [4.78, 5) is 26.5. The first-order valence-corrected chi connectivity index (χ1v) is 7.87. The van der Waals surface area contributed by atoms with Crippen LogP contribution in [0.5, 0.6) is 0 Å². The summed E-state index contributed by atoms with van der Waals surface area (Å²) < 4.78 is 5.43. The second-order valence-corrected chi connectivity index (χ2v) is 6.91. The molecular weight excluding hydrogens is 298 g/mol. The number of rotatable bonds is 2. The van der Waals surface area contributed by atoms with E-state index in [1.165, 1.54) is 0 Å². The Kier molecular flexibility index (Phi) is 4.91. The summed E-state index contributed by atoms with van der Waals surface area (Å²) in [6, 6.07) is -0.231. The Bertz CT molecular complexity index is 578. The zero-order valence-electron chi connectivity index (χ0n) is 14.3. The molecule has 23 heavy (non-hydrogen) atoms. The molecule has 0 spiro atoms. The maximum Gasteiger partial charge on any atom is 0.410 e. The van der Waals surface area contributed by atoms with E-state index < -0.39 is 5.60 Å². The van der Waals surface area contributed by atoms with Crippen LogP contribution in [0.3, 0.4) is 0 Å². The van der Waals surface area contributed by atoms with Crippen molar-refractivity contribution in [2.24, 2.45) is 5.92 Å². The van der Waals surface area contributed by atoms with E-state index in [-0.39, 0.29) is 24.0 Å². The molecule has 8 nitrogen and oxygen atoms in total. The van der Waals surface area contributed by atoms with Crippen LogP contribution in [-0.4, -0.2) is 50.5 Å². The quantitative estimate of drug-likeness (QED) is 0.868. The number of piperidine rings is 1. The van der Waals surface area contributed by atoms with E-state index >= 15 is 0 Å². The van der Waals surface area contributed by atoms with Gasteiger partial charge in [-0.05, 0) is 47.5 Å². The molecule has 8 heteroatoms. The van der Waals surface area contributed by atoms with Gasteiger partial charge < -0.3 is 15.0 Å². The lowest BCUT2D eigenvalue weighted by Gasteiger charge is -2.39. The summed E-state index contributed by atoms with van der Waals surface area (Å²) in [5.41, 5.74) is 0.0786. The first kappa shape index (κ1) is 17.2. The number of carbonyl (C=O) groups excluding carboxylic acids is 2. The highest BCUT2D eigenvalue weighted by molar-refractivity contribution is 5.92. The highest BCUT2D eigenvalue weighted by atomic mass is 16.6. The summed E-state index contributed by atoms with van der Waals surface area (Å²) in [5.74, 6) is -0.0216. The lowest BCUT2D eigenvalue weighted by Crippen LogP contribution is -2.51. The minimum Gasteiger partial charge on any atom is -0.444 e. The Balaban J connectivity index is 2.04. The van der Waals surface area contributed by atoms with Gasteiger partial charge in [0.2, 0.25) is 5.91 Å². The van der Waals surface area contributed by atoms with Crippen LogP contribution >= 0.6 is 0 Å². The molecule has 0 bridgehead atoms. The van der Waals surface area contributed by atoms with Crippen molar-refractivity contribution >= 4 is 17.8 Å². The van der Waals surface area contributed by atoms with Gasteiger partial charge >= 0.3 is 6.09 Å². The van der Waals surface area contributed by atoms with Gasteiger partial charge in [-0.1, -0.05) is 0 Å². The van der Waals surface area contributed by atoms with Gasteiger partial charge in [-0.2, -0.15) is 10.3 Å². The zero-order chi connectivity index (χ0) is 17.2. The van der Waals surface area contributed by atoms with Crippen LogP contribution in [-0.2, 0) is 9.53 Å². The van der Waals surface area contributed by atoms with Crippen LogP contribution in [0.15, 0.2) is 0 Å². The molecule has 1 aromatic heterocycles. The van der Waals surface area contributed by atoms with Crippen molar-refractivity contribution in [2.45, 2.75) is 59.1 Å². The molecule has 1 aromatic rings. The Labute approximate surface area is 136 Å². The summed E-state index contributed by atoms with van der Waals surface area (Å²) in [5, 5.41) is 13.0. The van der Waals surface area contributed by atoms with E-state index in [1.807, 2.05) is 27.7 Å². The Morgan fingerprint density at radius 1 is 1.35 bits per heavy atom. The van der Waals surface area contributed by atoms with Gasteiger partial charge in [0.15, 0.2) is 5.82 Å². The lowest BCUT2D eigenvalue weighted by molar-refractivity contribution is -0.123. The van der Waals surface area contributed by atoms with Crippen molar-refractivity contribution < 1.29 is 14.3 Å². The van der Waals surface area contributed by atoms with Crippen molar-refractivity contribution in [3.05, 3.63) is 5.69 Å². The fourth-order valence-corrected chi connectivity index (χ4v) is 2.68. The number of H-pyrrole nitrogens is 1. The molecule has 0 unspecified atom stereocenters. The molecule has 128 valence electrons. The van der Waals surface area contributed by atoms with Crippen molar-refractivity contribution in [2.75, 3.05) is 11.9 Å². The second kappa shape index (κ2) is 6.55. The summed E-state index contributed by atoms with van der Waals surface area (Å²) >= 11 is 0. The second-order valence-electron chi connectivity index (χ2n) is 6.91. The summed E-state index contributed by atoms with van der Waals surface area (Å²) in [6.45, 7) is 9.73. The van der Waals surface area contributed by atoms with Gasteiger partial charge in [-0.25, -0.2) is 4.79 Å². The average molecular weight is 323 g/mol. The smallest absolute Gasteiger partial charge is 0.410 e. The molecule has 0 radical (unpaired) electrons. The molecule has 1 aliphatic heterocycles. The number of carbonyl (C=O) groups is 2. The van der Waals surface area contributed by atoms with E-state index in [2.05, 4.69) is 20.7 Å². The number of likely N-dealkylation sites (tertiary alicyclic amines) is 1. The topological polar surface area (TPSA) is 100 Å². The van der Waals surface area contributed by atoms with Crippen LogP contribution in [0.4, 0.5) is 10.6 Å². The lowest BCUT2D eigenvalue weighted by atomic mass is 9.89. The third kappa shape index (κ3) is 4.20. The van der Waals surface area contributed by atoms with E-state index in [0.29, 0.717) is 18.1 Å². The number of nitrogens with one attached hydrogen (secondary N) is 2. The van der Waals surface area contributed by atoms with E-state index in [1.54, 1.807) is 11.8 Å². The van der Waals surface area contributed by atoms with Gasteiger partial charge in [-0.3, -0.25) is 4.79 Å². The summed E-state index contributed by atoms with van der Waals surface area (Å²) in [7, 11) is 0. The molecule has 2 amide bonds. The van der Waals surface area contributed by atoms with E-state index in [4.69, 9.17) is 4.74 Å². The third-order valence-electron chi connectivity index (χ3n) is 3.92. The maximum absolute atomic E-state index is 12.5. The first-order chi connectivity index (χ1) is 10.7. The predicted molar refractivity (Wildman–Crippen MR) is 84.9 cm³/mol. The van der Waals surface area contributed by atoms with Crippen molar-refractivity contribution in [1.82, 2.24) is 20.3 Å². The highest BCUT2D eigenvalue weighted by Crippen LogP contribution is 2.26. The number of aromatic nitrogens is 3. The number of amides is 2. The van der Waals surface area contributed by atoms with Gasteiger partial charge in [0, 0.05) is 12.6 Å². The minimum atomic E-state index is -0.552. The predicted octanol–water partition coefficient (Wildman–Crippen LogP) is 2.09. The van der Waals surface area contributed by atoms with Crippen LogP contribution in [0.1, 0.15) is 46.2 Å². The molecule has 0 saturated carbocycles. The number of anilines is 1. The average Bonchev–Trinajstić information content (AvgIpc) is 2.82. The van der Waals surface area contributed by atoms with Gasteiger partial charge in [0.05, 0.1) is 5.92 Å². The number of nitrogens with zero attached hydrogens (tertiary/aromatic N) is 3. The number of hydrogen-bond acceptors (Lipinski definition) is 5. The largest absolute Gasteiger partial charge is 0.444 e. The fourth-order valence-electron chi connectivity index (χ4n) is 2.68. The molecule has 2 atom stereocenters. The molecule has 0 aromatic carbocycles. The van der Waals surface area contributed by atoms with E-state index in [0.717, 1.165) is 12.8 Å². The molecule has 1 saturated heterocycles. The molecule has 2 rings (SSSR count). The maximum atomic E-state index is 12.5. The standard InChI is InChI=1S/C15H25N5O3/c1-9-12(18-19-17-9)16-13(21)11-7-6-8-20(10(11)2)14(22)23-15(3,4)5/h10-11H,6-8H2,1-5H3,(H2,16,17,18,19,21)/t10-,11-/m1/s1. The van der Waals surface area contributed by atoms with Crippen molar-refractivity contribution in [1.29, 1.82) is 0 Å². The van der Waals surface area contributed by atoms with Gasteiger partial charge in [0.1, 0.15) is 11.3 Å². The Morgan fingerprint density at radius 3 is 2.61 bits per heavy atom. The first-order valence-electron chi connectivity index (χ1n) is 7.87. The van der Waals surface area contributed by atoms with Crippen LogP contribution < -0.4 is 5.32 Å². The Morgan fingerprint density at radius 2 is 2.04 bits per heavy atom. The molecule has 2 N–H and O–H groups in total. The third-order valence-corrected chi connectivity index (χ3v) is 3.92.